The average molecular weight is 254 g/mol. The molecule has 2 aromatic rings. The molecule has 0 aromatic carbocycles. The molecule has 0 aliphatic carbocycles. The zero-order valence-electron chi connectivity index (χ0n) is 8.90. The quantitative estimate of drug-likeness (QED) is 0.910. The minimum Gasteiger partial charge on any atom is -0.319 e. The second kappa shape index (κ2) is 5.39. The Labute approximate surface area is 104 Å². The number of hydrogen-bond acceptors (Lipinski definition) is 4. The van der Waals surface area contributed by atoms with E-state index in [9.17, 15) is 0 Å². The molecule has 2 rings (SSSR count). The van der Waals surface area contributed by atoms with Crippen LogP contribution >= 0.6 is 22.9 Å². The molecule has 2 heterocycles. The molecule has 84 valence electrons. The van der Waals surface area contributed by atoms with Gasteiger partial charge in [0, 0.05) is 30.9 Å². The topological polar surface area (TPSA) is 37.8 Å². The van der Waals surface area contributed by atoms with E-state index in [0.717, 1.165) is 33.6 Å². The summed E-state index contributed by atoms with van der Waals surface area (Å²) in [6, 6.07) is 3.89. The lowest BCUT2D eigenvalue weighted by molar-refractivity contribution is 0.781. The lowest BCUT2D eigenvalue weighted by Gasteiger charge is -1.95. The van der Waals surface area contributed by atoms with Crippen LogP contribution in [0.5, 0.6) is 0 Å². The molecule has 2 aromatic heterocycles. The Hall–Kier alpha value is -0.970. The van der Waals surface area contributed by atoms with Crippen LogP contribution in [0.2, 0.25) is 4.34 Å². The average Bonchev–Trinajstić information content (AvgIpc) is 2.69. The number of thiazole rings is 1. The monoisotopic (exact) mass is 253 g/mol. The van der Waals surface area contributed by atoms with Crippen LogP contribution in [-0.2, 0) is 6.42 Å². The Morgan fingerprint density at radius 2 is 2.38 bits per heavy atom. The van der Waals surface area contributed by atoms with Crippen LogP contribution in [0.4, 0.5) is 0 Å². The van der Waals surface area contributed by atoms with Crippen molar-refractivity contribution in [2.45, 2.75) is 6.42 Å². The summed E-state index contributed by atoms with van der Waals surface area (Å²) in [5.41, 5.74) is 1.98. The van der Waals surface area contributed by atoms with Gasteiger partial charge in [-0.2, -0.15) is 0 Å². The first-order valence-corrected chi connectivity index (χ1v) is 6.21. The molecular formula is C11H12ClN3S. The maximum Gasteiger partial charge on any atom is 0.126 e. The van der Waals surface area contributed by atoms with Crippen molar-refractivity contribution < 1.29 is 0 Å². The number of hydrogen-bond donors (Lipinski definition) is 1. The summed E-state index contributed by atoms with van der Waals surface area (Å²) >= 11 is 7.64. The van der Waals surface area contributed by atoms with Gasteiger partial charge >= 0.3 is 0 Å². The van der Waals surface area contributed by atoms with E-state index in [4.69, 9.17) is 11.6 Å². The Balaban J connectivity index is 2.24. The lowest BCUT2D eigenvalue weighted by Crippen LogP contribution is -2.10. The number of nitrogens with zero attached hydrogens (tertiary/aromatic N) is 2. The summed E-state index contributed by atoms with van der Waals surface area (Å²) in [6.07, 6.45) is 4.41. The number of halogens is 1. The molecule has 0 saturated heterocycles. The molecule has 0 spiro atoms. The first-order valence-electron chi connectivity index (χ1n) is 5.01. The first-order chi connectivity index (χ1) is 7.81. The van der Waals surface area contributed by atoms with Crippen molar-refractivity contribution in [3.05, 3.63) is 34.6 Å². The van der Waals surface area contributed by atoms with Gasteiger partial charge in [0.1, 0.15) is 9.34 Å². The fourth-order valence-electron chi connectivity index (χ4n) is 1.34. The van der Waals surface area contributed by atoms with Gasteiger partial charge in [-0.3, -0.25) is 4.98 Å². The second-order valence-corrected chi connectivity index (χ2v) is 4.94. The van der Waals surface area contributed by atoms with Crippen LogP contribution in [-0.4, -0.2) is 23.6 Å². The number of likely N-dealkylation sites (N-methyl/N-ethyl adjacent to an activating group) is 1. The molecule has 1 N–H and O–H groups in total. The third-order valence-electron chi connectivity index (χ3n) is 2.17. The van der Waals surface area contributed by atoms with E-state index in [1.54, 1.807) is 12.4 Å². The highest BCUT2D eigenvalue weighted by molar-refractivity contribution is 7.19. The van der Waals surface area contributed by atoms with Crippen LogP contribution in [0.3, 0.4) is 0 Å². The van der Waals surface area contributed by atoms with Crippen LogP contribution in [0.25, 0.3) is 10.6 Å². The largest absolute Gasteiger partial charge is 0.319 e. The van der Waals surface area contributed by atoms with Gasteiger partial charge in [-0.05, 0) is 19.2 Å². The molecule has 0 aliphatic rings. The Bertz CT molecular complexity index is 456. The fraction of sp³-hybridized carbons (Fsp3) is 0.273. The smallest absolute Gasteiger partial charge is 0.126 e. The third kappa shape index (κ3) is 2.58. The van der Waals surface area contributed by atoms with Crippen molar-refractivity contribution in [2.24, 2.45) is 0 Å². The fourth-order valence-corrected chi connectivity index (χ4v) is 2.53. The highest BCUT2D eigenvalue weighted by Crippen LogP contribution is 2.31. The molecule has 0 amide bonds. The molecule has 0 bridgehead atoms. The van der Waals surface area contributed by atoms with Gasteiger partial charge in [-0.1, -0.05) is 11.6 Å². The number of pyridine rings is 1. The SMILES string of the molecule is CNCCc1nc(-c2cccnc2)sc1Cl. The highest BCUT2D eigenvalue weighted by atomic mass is 35.5. The molecule has 3 nitrogen and oxygen atoms in total. The minimum absolute atomic E-state index is 0.772. The molecule has 0 atom stereocenters. The zero-order chi connectivity index (χ0) is 11.4. The molecule has 0 saturated carbocycles. The summed E-state index contributed by atoms with van der Waals surface area (Å²) in [7, 11) is 1.92. The van der Waals surface area contributed by atoms with Gasteiger partial charge in [0.2, 0.25) is 0 Å². The molecule has 0 radical (unpaired) electrons. The molecular weight excluding hydrogens is 242 g/mol. The third-order valence-corrected chi connectivity index (χ3v) is 3.55. The maximum absolute atomic E-state index is 6.14. The standard InChI is InChI=1S/C11H12ClN3S/c1-13-6-4-9-10(12)16-11(15-9)8-3-2-5-14-7-8/h2-3,5,7,13H,4,6H2,1H3. The summed E-state index contributed by atoms with van der Waals surface area (Å²) in [5.74, 6) is 0. The predicted octanol–water partition coefficient (Wildman–Crippen LogP) is 2.62. The van der Waals surface area contributed by atoms with E-state index in [-0.39, 0.29) is 0 Å². The van der Waals surface area contributed by atoms with Crippen molar-refractivity contribution in [1.29, 1.82) is 0 Å². The number of rotatable bonds is 4. The van der Waals surface area contributed by atoms with Crippen molar-refractivity contribution in [1.82, 2.24) is 15.3 Å². The lowest BCUT2D eigenvalue weighted by atomic mass is 10.3. The zero-order valence-corrected chi connectivity index (χ0v) is 10.5. The first kappa shape index (κ1) is 11.5. The minimum atomic E-state index is 0.772. The summed E-state index contributed by atoms with van der Waals surface area (Å²) in [4.78, 5) is 8.60. The van der Waals surface area contributed by atoms with Gasteiger partial charge in [0.15, 0.2) is 0 Å². The summed E-state index contributed by atoms with van der Waals surface area (Å²) in [6.45, 7) is 0.885. The Morgan fingerprint density at radius 1 is 1.50 bits per heavy atom. The predicted molar refractivity (Wildman–Crippen MR) is 68.0 cm³/mol. The van der Waals surface area contributed by atoms with Crippen molar-refractivity contribution >= 4 is 22.9 Å². The van der Waals surface area contributed by atoms with Crippen molar-refractivity contribution in [2.75, 3.05) is 13.6 Å². The summed E-state index contributed by atoms with van der Waals surface area (Å²) in [5, 5.41) is 4.02. The van der Waals surface area contributed by atoms with Crippen LogP contribution < -0.4 is 5.32 Å². The van der Waals surface area contributed by atoms with Gasteiger partial charge in [-0.25, -0.2) is 4.98 Å². The van der Waals surface area contributed by atoms with Crippen LogP contribution in [0, 0.1) is 0 Å². The molecule has 0 aliphatic heterocycles. The van der Waals surface area contributed by atoms with Gasteiger partial charge in [-0.15, -0.1) is 11.3 Å². The molecule has 16 heavy (non-hydrogen) atoms. The molecule has 0 fully saturated rings. The van der Waals surface area contributed by atoms with E-state index in [2.05, 4.69) is 15.3 Å². The number of aromatic nitrogens is 2. The van der Waals surface area contributed by atoms with Crippen LogP contribution in [0.15, 0.2) is 24.5 Å². The van der Waals surface area contributed by atoms with E-state index in [0.29, 0.717) is 0 Å². The van der Waals surface area contributed by atoms with E-state index in [1.807, 2.05) is 19.2 Å². The number of nitrogens with one attached hydrogen (secondary N) is 1. The van der Waals surface area contributed by atoms with E-state index < -0.39 is 0 Å². The summed E-state index contributed by atoms with van der Waals surface area (Å²) < 4.78 is 0.772. The van der Waals surface area contributed by atoms with Gasteiger partial charge < -0.3 is 5.32 Å². The van der Waals surface area contributed by atoms with E-state index in [1.165, 1.54) is 11.3 Å². The van der Waals surface area contributed by atoms with Gasteiger partial charge in [0.25, 0.3) is 0 Å². The molecule has 0 unspecified atom stereocenters. The van der Waals surface area contributed by atoms with Crippen molar-refractivity contribution in [3.63, 3.8) is 0 Å². The maximum atomic E-state index is 6.14. The van der Waals surface area contributed by atoms with Crippen molar-refractivity contribution in [3.8, 4) is 10.6 Å². The molecule has 5 heteroatoms. The Kier molecular flexibility index (Phi) is 3.88. The highest BCUT2D eigenvalue weighted by Gasteiger charge is 2.10. The Morgan fingerprint density at radius 3 is 3.06 bits per heavy atom. The van der Waals surface area contributed by atoms with Gasteiger partial charge in [0.05, 0.1) is 5.69 Å². The van der Waals surface area contributed by atoms with E-state index >= 15 is 0 Å². The second-order valence-electron chi connectivity index (χ2n) is 3.33. The van der Waals surface area contributed by atoms with Crippen LogP contribution in [0.1, 0.15) is 5.69 Å². The normalized spacial score (nSPS) is 10.6.